The smallest absolute Gasteiger partial charge is 0.339 e. The van der Waals surface area contributed by atoms with Gasteiger partial charge in [0.1, 0.15) is 5.82 Å². The van der Waals surface area contributed by atoms with Crippen molar-refractivity contribution in [3.05, 3.63) is 23.9 Å². The molecule has 4 rings (SSSR count). The molecule has 27 heavy (non-hydrogen) atoms. The molecule has 3 fully saturated rings. The molecule has 0 N–H and O–H groups in total. The van der Waals surface area contributed by atoms with E-state index in [-0.39, 0.29) is 11.9 Å². The van der Waals surface area contributed by atoms with Crippen LogP contribution in [0.1, 0.15) is 49.4 Å². The minimum atomic E-state index is -0.338. The number of anilines is 1. The summed E-state index contributed by atoms with van der Waals surface area (Å²) in [4.78, 5) is 33.5. The average Bonchev–Trinajstić information content (AvgIpc) is 3.24. The number of carbonyl (C=O) groups excluding carboxylic acids is 2. The van der Waals surface area contributed by atoms with Crippen molar-refractivity contribution in [3.8, 4) is 0 Å². The van der Waals surface area contributed by atoms with Gasteiger partial charge in [0.2, 0.25) is 5.91 Å². The fraction of sp³-hybridized carbons (Fsp3) is 0.667. The Morgan fingerprint density at radius 1 is 1.15 bits per heavy atom. The second kappa shape index (κ2) is 7.87. The number of aromatic nitrogens is 1. The highest BCUT2D eigenvalue weighted by atomic mass is 16.5. The molecule has 3 aliphatic rings. The minimum Gasteiger partial charge on any atom is -0.462 e. The quantitative estimate of drug-likeness (QED) is 0.762. The van der Waals surface area contributed by atoms with Crippen molar-refractivity contribution in [2.24, 2.45) is 17.8 Å². The predicted octanol–water partition coefficient (Wildman–Crippen LogP) is 2.73. The van der Waals surface area contributed by atoms with Crippen LogP contribution in [0.3, 0.4) is 0 Å². The summed E-state index contributed by atoms with van der Waals surface area (Å²) in [5.41, 5.74) is 0.475. The monoisotopic (exact) mass is 371 g/mol. The molecule has 2 heterocycles. The normalized spacial score (nSPS) is 27.5. The first-order chi connectivity index (χ1) is 13.2. The molecular formula is C21H29N3O3. The van der Waals surface area contributed by atoms with Gasteiger partial charge in [0.05, 0.1) is 12.2 Å². The lowest BCUT2D eigenvalue weighted by molar-refractivity contribution is -0.137. The Kier molecular flexibility index (Phi) is 5.32. The van der Waals surface area contributed by atoms with Crippen LogP contribution < -0.4 is 4.90 Å². The first kappa shape index (κ1) is 18.3. The summed E-state index contributed by atoms with van der Waals surface area (Å²) < 4.78 is 5.01. The fourth-order valence-corrected chi connectivity index (χ4v) is 5.06. The molecule has 1 aromatic heterocycles. The van der Waals surface area contributed by atoms with E-state index in [0.29, 0.717) is 24.0 Å². The van der Waals surface area contributed by atoms with E-state index in [1.807, 2.05) is 6.07 Å². The maximum absolute atomic E-state index is 13.0. The number of hydrogen-bond acceptors (Lipinski definition) is 5. The van der Waals surface area contributed by atoms with Crippen molar-refractivity contribution >= 4 is 17.7 Å². The molecule has 0 aromatic carbocycles. The number of hydrogen-bond donors (Lipinski definition) is 0. The van der Waals surface area contributed by atoms with Crippen LogP contribution in [0.5, 0.6) is 0 Å². The number of pyridine rings is 1. The van der Waals surface area contributed by atoms with Crippen molar-refractivity contribution in [2.45, 2.75) is 39.0 Å². The van der Waals surface area contributed by atoms with Gasteiger partial charge >= 0.3 is 5.97 Å². The number of ether oxygens (including phenoxy) is 1. The molecule has 0 spiro atoms. The fourth-order valence-electron chi connectivity index (χ4n) is 5.06. The third-order valence-electron chi connectivity index (χ3n) is 6.45. The number of rotatable bonds is 4. The molecule has 2 bridgehead atoms. The van der Waals surface area contributed by atoms with E-state index < -0.39 is 0 Å². The van der Waals surface area contributed by atoms with Gasteiger partial charge < -0.3 is 14.5 Å². The van der Waals surface area contributed by atoms with Crippen molar-refractivity contribution in [2.75, 3.05) is 37.7 Å². The van der Waals surface area contributed by atoms with Crippen LogP contribution in [-0.2, 0) is 9.53 Å². The molecule has 3 atom stereocenters. The van der Waals surface area contributed by atoms with Crippen molar-refractivity contribution in [1.29, 1.82) is 0 Å². The van der Waals surface area contributed by atoms with Gasteiger partial charge in [0.15, 0.2) is 0 Å². The maximum Gasteiger partial charge on any atom is 0.339 e. The topological polar surface area (TPSA) is 62.7 Å². The Morgan fingerprint density at radius 3 is 2.70 bits per heavy atom. The summed E-state index contributed by atoms with van der Waals surface area (Å²) >= 11 is 0. The van der Waals surface area contributed by atoms with Gasteiger partial charge in [-0.05, 0) is 56.6 Å². The lowest BCUT2D eigenvalue weighted by Gasteiger charge is -2.28. The van der Waals surface area contributed by atoms with Gasteiger partial charge in [0.25, 0.3) is 0 Å². The highest BCUT2D eigenvalue weighted by Gasteiger charge is 2.44. The predicted molar refractivity (Wildman–Crippen MR) is 103 cm³/mol. The van der Waals surface area contributed by atoms with E-state index in [2.05, 4.69) is 14.8 Å². The molecule has 1 saturated heterocycles. The Hall–Kier alpha value is -2.11. The van der Waals surface area contributed by atoms with Gasteiger partial charge in [-0.15, -0.1) is 0 Å². The molecule has 2 saturated carbocycles. The second-order valence-electron chi connectivity index (χ2n) is 8.07. The van der Waals surface area contributed by atoms with Gasteiger partial charge in [-0.3, -0.25) is 4.79 Å². The number of fused-ring (bicyclic) bond motifs is 2. The number of esters is 1. The molecule has 1 aromatic rings. The Morgan fingerprint density at radius 2 is 2.04 bits per heavy atom. The zero-order chi connectivity index (χ0) is 18.8. The average molecular weight is 371 g/mol. The van der Waals surface area contributed by atoms with Crippen molar-refractivity contribution in [1.82, 2.24) is 9.88 Å². The molecule has 0 unspecified atom stereocenters. The summed E-state index contributed by atoms with van der Waals surface area (Å²) in [5.74, 6) is 2.62. The molecule has 6 heteroatoms. The third-order valence-corrected chi connectivity index (χ3v) is 6.45. The first-order valence-electron chi connectivity index (χ1n) is 10.3. The van der Waals surface area contributed by atoms with Gasteiger partial charge in [0, 0.05) is 38.3 Å². The van der Waals surface area contributed by atoms with Crippen molar-refractivity contribution in [3.63, 3.8) is 0 Å². The van der Waals surface area contributed by atoms with Gasteiger partial charge in [-0.25, -0.2) is 9.78 Å². The summed E-state index contributed by atoms with van der Waals surface area (Å²) in [5, 5.41) is 0. The summed E-state index contributed by atoms with van der Waals surface area (Å²) in [6.07, 6.45) is 7.49. The third kappa shape index (κ3) is 3.80. The Bertz CT molecular complexity index is 690. The summed E-state index contributed by atoms with van der Waals surface area (Å²) in [6, 6.07) is 3.64. The molecule has 146 valence electrons. The number of carbonyl (C=O) groups is 2. The summed E-state index contributed by atoms with van der Waals surface area (Å²) in [6.45, 7) is 5.42. The van der Waals surface area contributed by atoms with Crippen molar-refractivity contribution < 1.29 is 14.3 Å². The van der Waals surface area contributed by atoms with Crippen LogP contribution in [-0.4, -0.2) is 54.5 Å². The molecule has 2 aliphatic carbocycles. The van der Waals surface area contributed by atoms with E-state index >= 15 is 0 Å². The number of nitrogens with zero attached hydrogens (tertiary/aromatic N) is 3. The van der Waals surface area contributed by atoms with Crippen LogP contribution in [0.25, 0.3) is 0 Å². The van der Waals surface area contributed by atoms with Crippen LogP contribution in [0.15, 0.2) is 18.3 Å². The lowest BCUT2D eigenvalue weighted by atomic mass is 9.87. The zero-order valence-electron chi connectivity index (χ0n) is 16.1. The van der Waals surface area contributed by atoms with Gasteiger partial charge in [-0.2, -0.15) is 0 Å². The van der Waals surface area contributed by atoms with Crippen LogP contribution in [0, 0.1) is 17.8 Å². The molecule has 1 aliphatic heterocycles. The summed E-state index contributed by atoms with van der Waals surface area (Å²) in [7, 11) is 0. The van der Waals surface area contributed by atoms with E-state index in [9.17, 15) is 9.59 Å². The Labute approximate surface area is 160 Å². The lowest BCUT2D eigenvalue weighted by Crippen LogP contribution is -2.40. The Balaban J connectivity index is 1.35. The van der Waals surface area contributed by atoms with Gasteiger partial charge in [-0.1, -0.05) is 6.42 Å². The van der Waals surface area contributed by atoms with Crippen LogP contribution >= 0.6 is 0 Å². The molecular weight excluding hydrogens is 342 g/mol. The highest BCUT2D eigenvalue weighted by Crippen LogP contribution is 2.48. The molecule has 0 radical (unpaired) electrons. The maximum atomic E-state index is 13.0. The van der Waals surface area contributed by atoms with Crippen LogP contribution in [0.2, 0.25) is 0 Å². The first-order valence-corrected chi connectivity index (χ1v) is 10.3. The highest BCUT2D eigenvalue weighted by molar-refractivity contribution is 5.89. The zero-order valence-corrected chi connectivity index (χ0v) is 16.1. The minimum absolute atomic E-state index is 0.275. The standard InChI is InChI=1S/C21H29N3O3/c1-2-27-21(26)17-6-7-19(22-14-17)23-8-3-9-24(11-10-23)20(25)18-13-15-4-5-16(18)12-15/h6-7,14-16,18H,2-5,8-13H2,1H3/t15-,16-,18+/m0/s1. The molecule has 6 nitrogen and oxygen atoms in total. The SMILES string of the molecule is CCOC(=O)c1ccc(N2CCCN(C(=O)[C@@H]3C[C@H]4CC[C@H]3C4)CC2)nc1. The van der Waals surface area contributed by atoms with E-state index in [1.165, 1.54) is 19.3 Å². The van der Waals surface area contributed by atoms with Crippen LogP contribution in [0.4, 0.5) is 5.82 Å². The van der Waals surface area contributed by atoms with E-state index in [1.54, 1.807) is 19.2 Å². The number of amides is 1. The van der Waals surface area contributed by atoms with E-state index in [0.717, 1.165) is 50.8 Å². The largest absolute Gasteiger partial charge is 0.462 e. The molecule has 1 amide bonds. The second-order valence-corrected chi connectivity index (χ2v) is 8.07. The van der Waals surface area contributed by atoms with E-state index in [4.69, 9.17) is 4.74 Å².